The fourth-order valence-electron chi connectivity index (χ4n) is 2.27. The predicted molar refractivity (Wildman–Crippen MR) is 61.7 cm³/mol. The minimum absolute atomic E-state index is 0.000591. The van der Waals surface area contributed by atoms with Gasteiger partial charge in [0.1, 0.15) is 23.9 Å². The Morgan fingerprint density at radius 3 is 2.33 bits per heavy atom. The molecule has 0 bridgehead atoms. The standard InChI is InChI=1S/C11H21NO6/c1-5(2)4-11(12,10(15)16)8-6(13)7(14)9(17-3)18-8/h5-9,13-14H,4,12H2,1-3H3,(H,15,16)/t6-,7+,8?,9+,11-/m1/s1. The maximum absolute atomic E-state index is 11.4. The van der Waals surface area contributed by atoms with Gasteiger partial charge in [0.05, 0.1) is 0 Å². The molecule has 0 aromatic rings. The van der Waals surface area contributed by atoms with Crippen LogP contribution >= 0.6 is 0 Å². The first-order valence-electron chi connectivity index (χ1n) is 5.80. The van der Waals surface area contributed by atoms with Crippen molar-refractivity contribution in [2.24, 2.45) is 11.7 Å². The van der Waals surface area contributed by atoms with Crippen molar-refractivity contribution in [3.63, 3.8) is 0 Å². The number of hydrogen-bond donors (Lipinski definition) is 4. The first-order chi connectivity index (χ1) is 8.24. The highest BCUT2D eigenvalue weighted by Gasteiger charge is 2.55. The number of nitrogens with two attached hydrogens (primary N) is 1. The molecule has 18 heavy (non-hydrogen) atoms. The van der Waals surface area contributed by atoms with Gasteiger partial charge in [-0.15, -0.1) is 0 Å². The third-order valence-electron chi connectivity index (χ3n) is 3.10. The molecule has 0 radical (unpaired) electrons. The van der Waals surface area contributed by atoms with Crippen molar-refractivity contribution in [3.05, 3.63) is 0 Å². The molecule has 0 aromatic carbocycles. The number of carboxylic acids is 1. The molecule has 1 fully saturated rings. The van der Waals surface area contributed by atoms with Gasteiger partial charge in [-0.3, -0.25) is 4.79 Å². The molecule has 0 amide bonds. The van der Waals surface area contributed by atoms with Gasteiger partial charge in [0.25, 0.3) is 0 Å². The van der Waals surface area contributed by atoms with Crippen LogP contribution in [-0.2, 0) is 14.3 Å². The lowest BCUT2D eigenvalue weighted by Gasteiger charge is -2.33. The van der Waals surface area contributed by atoms with Gasteiger partial charge < -0.3 is 30.5 Å². The molecule has 5 N–H and O–H groups in total. The second-order valence-electron chi connectivity index (χ2n) is 5.09. The summed E-state index contributed by atoms with van der Waals surface area (Å²) in [5.41, 5.74) is 4.10. The fraction of sp³-hybridized carbons (Fsp3) is 0.909. The van der Waals surface area contributed by atoms with E-state index in [1.807, 2.05) is 13.8 Å². The van der Waals surface area contributed by atoms with Crippen LogP contribution < -0.4 is 5.73 Å². The number of aliphatic hydroxyl groups excluding tert-OH is 2. The van der Waals surface area contributed by atoms with Crippen molar-refractivity contribution in [2.45, 2.75) is 50.4 Å². The van der Waals surface area contributed by atoms with E-state index in [4.69, 9.17) is 15.2 Å². The van der Waals surface area contributed by atoms with E-state index in [9.17, 15) is 20.1 Å². The number of ether oxygens (including phenoxy) is 2. The van der Waals surface area contributed by atoms with E-state index in [0.717, 1.165) is 0 Å². The van der Waals surface area contributed by atoms with E-state index in [1.165, 1.54) is 7.11 Å². The average Bonchev–Trinajstić information content (AvgIpc) is 2.55. The van der Waals surface area contributed by atoms with E-state index < -0.39 is 36.1 Å². The summed E-state index contributed by atoms with van der Waals surface area (Å²) in [6.07, 6.45) is -4.87. The molecule has 0 aliphatic carbocycles. The zero-order chi connectivity index (χ0) is 14.1. The van der Waals surface area contributed by atoms with Crippen LogP contribution in [0.1, 0.15) is 20.3 Å². The van der Waals surface area contributed by atoms with Crippen LogP contribution in [0.25, 0.3) is 0 Å². The molecule has 7 nitrogen and oxygen atoms in total. The van der Waals surface area contributed by atoms with Gasteiger partial charge in [-0.1, -0.05) is 13.8 Å². The minimum Gasteiger partial charge on any atom is -0.480 e. The van der Waals surface area contributed by atoms with Crippen LogP contribution in [0.15, 0.2) is 0 Å². The Kier molecular flexibility index (Phi) is 4.68. The van der Waals surface area contributed by atoms with Gasteiger partial charge in [0.2, 0.25) is 0 Å². The molecule has 106 valence electrons. The lowest BCUT2D eigenvalue weighted by atomic mass is 9.82. The van der Waals surface area contributed by atoms with Crippen molar-refractivity contribution < 1.29 is 29.6 Å². The molecule has 1 aliphatic rings. The Balaban J connectivity index is 2.97. The number of aliphatic carboxylic acids is 1. The highest BCUT2D eigenvalue weighted by molar-refractivity contribution is 5.79. The molecule has 0 saturated carbocycles. The summed E-state index contributed by atoms with van der Waals surface area (Å²) in [5, 5.41) is 28.8. The molecular formula is C11H21NO6. The Morgan fingerprint density at radius 1 is 1.44 bits per heavy atom. The number of carboxylic acid groups (broad SMARTS) is 1. The van der Waals surface area contributed by atoms with Gasteiger partial charge in [-0.2, -0.15) is 0 Å². The van der Waals surface area contributed by atoms with E-state index >= 15 is 0 Å². The van der Waals surface area contributed by atoms with E-state index in [0.29, 0.717) is 0 Å². The van der Waals surface area contributed by atoms with Gasteiger partial charge in [0, 0.05) is 7.11 Å². The summed E-state index contributed by atoms with van der Waals surface area (Å²) in [5.74, 6) is -1.27. The first-order valence-corrected chi connectivity index (χ1v) is 5.80. The molecule has 1 saturated heterocycles. The maximum Gasteiger partial charge on any atom is 0.326 e. The number of rotatable bonds is 5. The Hall–Kier alpha value is -0.730. The lowest BCUT2D eigenvalue weighted by Crippen LogP contribution is -2.61. The van der Waals surface area contributed by atoms with E-state index in [-0.39, 0.29) is 12.3 Å². The highest BCUT2D eigenvalue weighted by atomic mass is 16.7. The second kappa shape index (κ2) is 5.50. The molecule has 1 rings (SSSR count). The summed E-state index contributed by atoms with van der Waals surface area (Å²) in [4.78, 5) is 11.4. The molecule has 0 aromatic heterocycles. The normalized spacial score (nSPS) is 35.7. The Bertz CT molecular complexity index is 310. The summed E-state index contributed by atoms with van der Waals surface area (Å²) < 4.78 is 10.1. The smallest absolute Gasteiger partial charge is 0.326 e. The average molecular weight is 263 g/mol. The van der Waals surface area contributed by atoms with Gasteiger partial charge in [-0.25, -0.2) is 0 Å². The van der Waals surface area contributed by atoms with E-state index in [2.05, 4.69) is 0 Å². The van der Waals surface area contributed by atoms with Crippen molar-refractivity contribution >= 4 is 5.97 Å². The molecule has 1 aliphatic heterocycles. The zero-order valence-electron chi connectivity index (χ0n) is 10.7. The highest BCUT2D eigenvalue weighted by Crippen LogP contribution is 2.32. The second-order valence-corrected chi connectivity index (χ2v) is 5.09. The lowest BCUT2D eigenvalue weighted by molar-refractivity contribution is -0.172. The molecular weight excluding hydrogens is 242 g/mol. The van der Waals surface area contributed by atoms with Gasteiger partial charge in [0.15, 0.2) is 6.29 Å². The summed E-state index contributed by atoms with van der Waals surface area (Å²) >= 11 is 0. The van der Waals surface area contributed by atoms with Crippen molar-refractivity contribution in [1.82, 2.24) is 0 Å². The third kappa shape index (κ3) is 2.65. The zero-order valence-corrected chi connectivity index (χ0v) is 10.7. The Labute approximate surface area is 105 Å². The summed E-state index contributed by atoms with van der Waals surface area (Å²) in [6, 6.07) is 0. The van der Waals surface area contributed by atoms with Crippen molar-refractivity contribution in [1.29, 1.82) is 0 Å². The number of methoxy groups -OCH3 is 1. The molecule has 0 spiro atoms. The van der Waals surface area contributed by atoms with Crippen LogP contribution in [0.3, 0.4) is 0 Å². The largest absolute Gasteiger partial charge is 0.480 e. The molecule has 1 heterocycles. The first kappa shape index (κ1) is 15.3. The summed E-state index contributed by atoms with van der Waals surface area (Å²) in [7, 11) is 1.30. The summed E-state index contributed by atoms with van der Waals surface area (Å²) in [6.45, 7) is 3.63. The fourth-order valence-corrected chi connectivity index (χ4v) is 2.27. The van der Waals surface area contributed by atoms with Gasteiger partial charge in [-0.05, 0) is 12.3 Å². The molecule has 5 atom stereocenters. The maximum atomic E-state index is 11.4. The van der Waals surface area contributed by atoms with Crippen LogP contribution in [0.4, 0.5) is 0 Å². The predicted octanol–water partition coefficient (Wildman–Crippen LogP) is -1.09. The van der Waals surface area contributed by atoms with Crippen LogP contribution in [0.5, 0.6) is 0 Å². The van der Waals surface area contributed by atoms with Crippen LogP contribution in [-0.4, -0.2) is 58.5 Å². The molecule has 7 heteroatoms. The minimum atomic E-state index is -1.76. The molecule has 1 unspecified atom stereocenters. The van der Waals surface area contributed by atoms with Gasteiger partial charge >= 0.3 is 5.97 Å². The SMILES string of the molecule is CO[C@H]1OC([C@](N)(CC(C)C)C(=O)O)[C@H](O)[C@@H]1O. The quantitative estimate of drug-likeness (QED) is 0.497. The monoisotopic (exact) mass is 263 g/mol. The topological polar surface area (TPSA) is 122 Å². The van der Waals surface area contributed by atoms with Crippen LogP contribution in [0.2, 0.25) is 0 Å². The number of aliphatic hydroxyl groups is 2. The number of carbonyl (C=O) groups is 1. The van der Waals surface area contributed by atoms with Crippen molar-refractivity contribution in [3.8, 4) is 0 Å². The third-order valence-corrected chi connectivity index (χ3v) is 3.10. The van der Waals surface area contributed by atoms with E-state index in [1.54, 1.807) is 0 Å². The van der Waals surface area contributed by atoms with Crippen LogP contribution in [0, 0.1) is 5.92 Å². The Morgan fingerprint density at radius 2 is 2.00 bits per heavy atom. The van der Waals surface area contributed by atoms with Crippen molar-refractivity contribution in [2.75, 3.05) is 7.11 Å². The number of hydrogen-bond acceptors (Lipinski definition) is 6.